The van der Waals surface area contributed by atoms with E-state index in [0.29, 0.717) is 6.67 Å². The monoisotopic (exact) mass is 274 g/mol. The molecule has 0 fully saturated rings. The molecule has 0 radical (unpaired) electrons. The molecule has 0 amide bonds. The Bertz CT molecular complexity index is 479. The van der Waals surface area contributed by atoms with Gasteiger partial charge in [-0.3, -0.25) is 4.79 Å². The van der Waals surface area contributed by atoms with E-state index in [4.69, 9.17) is 0 Å². The van der Waals surface area contributed by atoms with Crippen LogP contribution in [0.4, 0.5) is 8.78 Å². The van der Waals surface area contributed by atoms with Crippen molar-refractivity contribution >= 4 is 18.2 Å². The zero-order valence-electron chi connectivity index (χ0n) is 9.77. The molecule has 0 aliphatic carbocycles. The van der Waals surface area contributed by atoms with Crippen molar-refractivity contribution in [3.8, 4) is 0 Å². The van der Waals surface area contributed by atoms with Crippen molar-refractivity contribution in [3.63, 3.8) is 0 Å². The summed E-state index contributed by atoms with van der Waals surface area (Å²) in [5.41, 5.74) is -0.0747. The molecule has 6 heteroatoms. The zero-order chi connectivity index (χ0) is 12.4. The van der Waals surface area contributed by atoms with Gasteiger partial charge in [0.1, 0.15) is 11.6 Å². The normalized spacial score (nSPS) is 13.7. The molecule has 1 aromatic carbocycles. The van der Waals surface area contributed by atoms with Crippen LogP contribution in [-0.2, 0) is 0 Å². The minimum atomic E-state index is -0.813. The van der Waals surface area contributed by atoms with E-state index in [1.165, 1.54) is 6.07 Å². The van der Waals surface area contributed by atoms with Crippen molar-refractivity contribution in [2.45, 2.75) is 0 Å². The van der Waals surface area contributed by atoms with Gasteiger partial charge in [0, 0.05) is 25.5 Å². The molecular formula is C12H13ClF2N2O. The summed E-state index contributed by atoms with van der Waals surface area (Å²) >= 11 is 0. The predicted octanol–water partition coefficient (Wildman–Crippen LogP) is 2.25. The van der Waals surface area contributed by atoms with Crippen molar-refractivity contribution in [3.05, 3.63) is 47.8 Å². The summed E-state index contributed by atoms with van der Waals surface area (Å²) in [7, 11) is 1.87. The third-order valence-corrected chi connectivity index (χ3v) is 2.51. The van der Waals surface area contributed by atoms with E-state index in [0.717, 1.165) is 12.1 Å². The van der Waals surface area contributed by atoms with E-state index in [1.807, 2.05) is 18.1 Å². The molecule has 0 atom stereocenters. The van der Waals surface area contributed by atoms with Crippen LogP contribution in [0.3, 0.4) is 0 Å². The molecule has 2 rings (SSSR count). The van der Waals surface area contributed by atoms with Gasteiger partial charge < -0.3 is 9.80 Å². The second-order valence-electron chi connectivity index (χ2n) is 3.99. The summed E-state index contributed by atoms with van der Waals surface area (Å²) in [6, 6.07) is 2.98. The summed E-state index contributed by atoms with van der Waals surface area (Å²) in [6.45, 7) is 0.679. The highest BCUT2D eigenvalue weighted by atomic mass is 35.5. The fourth-order valence-corrected chi connectivity index (χ4v) is 1.68. The van der Waals surface area contributed by atoms with Gasteiger partial charge in [0.05, 0.1) is 18.8 Å². The first-order valence-electron chi connectivity index (χ1n) is 5.17. The maximum absolute atomic E-state index is 13.3. The van der Waals surface area contributed by atoms with Gasteiger partial charge >= 0.3 is 0 Å². The Morgan fingerprint density at radius 1 is 1.33 bits per heavy atom. The van der Waals surface area contributed by atoms with Gasteiger partial charge in [0.15, 0.2) is 5.78 Å². The largest absolute Gasteiger partial charge is 0.362 e. The Morgan fingerprint density at radius 2 is 2.06 bits per heavy atom. The number of benzene rings is 1. The van der Waals surface area contributed by atoms with Crippen molar-refractivity contribution in [2.24, 2.45) is 0 Å². The molecule has 1 heterocycles. The Kier molecular flexibility index (Phi) is 4.67. The molecule has 3 nitrogen and oxygen atoms in total. The van der Waals surface area contributed by atoms with E-state index in [-0.39, 0.29) is 30.3 Å². The molecular weight excluding hydrogens is 262 g/mol. The fraction of sp³-hybridized carbons (Fsp3) is 0.250. The van der Waals surface area contributed by atoms with Gasteiger partial charge in [-0.25, -0.2) is 8.78 Å². The number of nitrogens with zero attached hydrogens (tertiary/aromatic N) is 2. The summed E-state index contributed by atoms with van der Waals surface area (Å²) < 4.78 is 26.0. The molecule has 18 heavy (non-hydrogen) atoms. The molecule has 1 aromatic rings. The second kappa shape index (κ2) is 5.82. The van der Waals surface area contributed by atoms with E-state index >= 15 is 0 Å². The van der Waals surface area contributed by atoms with Gasteiger partial charge in [-0.1, -0.05) is 0 Å². The first-order valence-corrected chi connectivity index (χ1v) is 5.17. The van der Waals surface area contributed by atoms with Gasteiger partial charge in [-0.05, 0) is 12.1 Å². The highest BCUT2D eigenvalue weighted by molar-refractivity contribution is 5.97. The molecule has 0 unspecified atom stereocenters. The highest BCUT2D eigenvalue weighted by Crippen LogP contribution is 2.12. The number of carbonyl (C=O) groups excluding carboxylic acids is 1. The van der Waals surface area contributed by atoms with Crippen LogP contribution < -0.4 is 0 Å². The Balaban J connectivity index is 0.00000162. The second-order valence-corrected chi connectivity index (χ2v) is 3.99. The molecule has 1 aliphatic rings. The lowest BCUT2D eigenvalue weighted by Crippen LogP contribution is -2.28. The third-order valence-electron chi connectivity index (χ3n) is 2.51. The number of hydrogen-bond donors (Lipinski definition) is 0. The van der Waals surface area contributed by atoms with Crippen LogP contribution in [-0.4, -0.2) is 35.8 Å². The van der Waals surface area contributed by atoms with Crippen LogP contribution in [0.1, 0.15) is 10.4 Å². The van der Waals surface area contributed by atoms with Crippen LogP contribution in [0.15, 0.2) is 30.6 Å². The molecule has 0 saturated heterocycles. The van der Waals surface area contributed by atoms with Crippen LogP contribution in [0, 0.1) is 11.6 Å². The summed E-state index contributed by atoms with van der Waals surface area (Å²) in [4.78, 5) is 15.4. The smallest absolute Gasteiger partial charge is 0.185 e. The summed E-state index contributed by atoms with van der Waals surface area (Å²) in [5.74, 6) is -1.85. The number of rotatable bonds is 3. The third kappa shape index (κ3) is 3.20. The lowest BCUT2D eigenvalue weighted by Gasteiger charge is -2.17. The molecule has 98 valence electrons. The number of Topliss-reactive ketones (excluding diaryl/α,β-unsaturated/α-hetero) is 1. The Morgan fingerprint density at radius 3 is 2.61 bits per heavy atom. The summed E-state index contributed by atoms with van der Waals surface area (Å²) in [6.07, 6.45) is 3.59. The average Bonchev–Trinajstić information content (AvgIpc) is 2.63. The lowest BCUT2D eigenvalue weighted by molar-refractivity contribution is 0.0944. The number of halogens is 3. The summed E-state index contributed by atoms with van der Waals surface area (Å²) in [5, 5.41) is 0. The predicted molar refractivity (Wildman–Crippen MR) is 66.4 cm³/mol. The first-order chi connectivity index (χ1) is 8.06. The van der Waals surface area contributed by atoms with Gasteiger partial charge in [-0.2, -0.15) is 0 Å². The maximum atomic E-state index is 13.3. The van der Waals surface area contributed by atoms with Crippen LogP contribution in [0.5, 0.6) is 0 Å². The van der Waals surface area contributed by atoms with Crippen LogP contribution in [0.25, 0.3) is 0 Å². The highest BCUT2D eigenvalue weighted by Gasteiger charge is 2.17. The Hall–Kier alpha value is -1.62. The number of hydrogen-bond acceptors (Lipinski definition) is 3. The topological polar surface area (TPSA) is 23.6 Å². The van der Waals surface area contributed by atoms with Crippen molar-refractivity contribution in [1.29, 1.82) is 0 Å². The molecule has 0 bridgehead atoms. The molecule has 0 N–H and O–H groups in total. The van der Waals surface area contributed by atoms with Crippen molar-refractivity contribution in [1.82, 2.24) is 9.80 Å². The SMILES string of the molecule is CN1C=CN(CC(=O)c2ccc(F)cc2F)C1.Cl. The fourth-order valence-electron chi connectivity index (χ4n) is 1.68. The average molecular weight is 275 g/mol. The molecule has 0 saturated carbocycles. The van der Waals surface area contributed by atoms with Gasteiger partial charge in [0.25, 0.3) is 0 Å². The van der Waals surface area contributed by atoms with E-state index in [2.05, 4.69) is 0 Å². The van der Waals surface area contributed by atoms with E-state index in [1.54, 1.807) is 11.1 Å². The van der Waals surface area contributed by atoms with Crippen molar-refractivity contribution < 1.29 is 13.6 Å². The lowest BCUT2D eigenvalue weighted by atomic mass is 10.1. The minimum Gasteiger partial charge on any atom is -0.362 e. The standard InChI is InChI=1S/C12H12F2N2O.ClH/c1-15-4-5-16(8-15)7-12(17)10-3-2-9(13)6-11(10)14;/h2-6H,7-8H2,1H3;1H. The molecule has 0 spiro atoms. The quantitative estimate of drug-likeness (QED) is 0.790. The van der Waals surface area contributed by atoms with Gasteiger partial charge in [0.2, 0.25) is 0 Å². The zero-order valence-corrected chi connectivity index (χ0v) is 10.6. The maximum Gasteiger partial charge on any atom is 0.185 e. The van der Waals surface area contributed by atoms with Crippen molar-refractivity contribution in [2.75, 3.05) is 20.3 Å². The van der Waals surface area contributed by atoms with Gasteiger partial charge in [-0.15, -0.1) is 12.4 Å². The number of ketones is 1. The minimum absolute atomic E-state index is 0. The Labute approximate surface area is 110 Å². The molecule has 1 aliphatic heterocycles. The molecule has 0 aromatic heterocycles. The van der Waals surface area contributed by atoms with Crippen LogP contribution >= 0.6 is 12.4 Å². The van der Waals surface area contributed by atoms with E-state index in [9.17, 15) is 13.6 Å². The van der Waals surface area contributed by atoms with Crippen LogP contribution in [0.2, 0.25) is 0 Å². The first kappa shape index (κ1) is 14.4. The number of carbonyl (C=O) groups is 1. The van der Waals surface area contributed by atoms with E-state index < -0.39 is 11.6 Å².